The van der Waals surface area contributed by atoms with E-state index in [9.17, 15) is 4.79 Å². The lowest BCUT2D eigenvalue weighted by Gasteiger charge is -2.15. The Hall–Kier alpha value is -1.36. The van der Waals surface area contributed by atoms with Gasteiger partial charge in [-0.15, -0.1) is 0 Å². The van der Waals surface area contributed by atoms with Gasteiger partial charge in [0.15, 0.2) is 5.75 Å². The van der Waals surface area contributed by atoms with Crippen LogP contribution in [0.25, 0.3) is 0 Å². The maximum Gasteiger partial charge on any atom is 0.255 e. The van der Waals surface area contributed by atoms with Crippen LogP contribution in [0.5, 0.6) is 5.75 Å². The van der Waals surface area contributed by atoms with Crippen molar-refractivity contribution < 1.29 is 9.53 Å². The molecule has 1 aliphatic rings. The van der Waals surface area contributed by atoms with Gasteiger partial charge >= 0.3 is 0 Å². The lowest BCUT2D eigenvalue weighted by atomic mass is 10.1. The zero-order valence-corrected chi connectivity index (χ0v) is 11.3. The van der Waals surface area contributed by atoms with Crippen molar-refractivity contribution in [2.75, 3.05) is 23.8 Å². The number of carbonyl (C=O) groups excluding carboxylic acids is 1. The molecule has 1 aliphatic heterocycles. The lowest BCUT2D eigenvalue weighted by Crippen LogP contribution is -2.34. The summed E-state index contributed by atoms with van der Waals surface area (Å²) in [5, 5.41) is 3.03. The normalized spacial score (nSPS) is 18.6. The molecule has 1 atom stereocenters. The monoisotopic (exact) mass is 266 g/mol. The molecule has 0 saturated carbocycles. The second kappa shape index (κ2) is 6.00. The summed E-state index contributed by atoms with van der Waals surface area (Å²) in [6.07, 6.45) is 1.03. The van der Waals surface area contributed by atoms with E-state index < -0.39 is 0 Å². The summed E-state index contributed by atoms with van der Waals surface area (Å²) in [4.78, 5) is 12.2. The third-order valence-corrected chi connectivity index (χ3v) is 4.01. The van der Waals surface area contributed by atoms with E-state index in [2.05, 4.69) is 5.32 Å². The van der Waals surface area contributed by atoms with Crippen molar-refractivity contribution in [3.63, 3.8) is 0 Å². The van der Waals surface area contributed by atoms with Crippen LogP contribution in [0.1, 0.15) is 23.7 Å². The van der Waals surface area contributed by atoms with Crippen LogP contribution < -0.4 is 15.8 Å². The third-order valence-electron chi connectivity index (χ3n) is 2.84. The van der Waals surface area contributed by atoms with Gasteiger partial charge in [0, 0.05) is 11.8 Å². The van der Waals surface area contributed by atoms with Crippen molar-refractivity contribution in [3.05, 3.63) is 23.8 Å². The van der Waals surface area contributed by atoms with E-state index in [4.69, 9.17) is 10.5 Å². The Morgan fingerprint density at radius 1 is 1.61 bits per heavy atom. The Labute approximate surface area is 111 Å². The average Bonchev–Trinajstić information content (AvgIpc) is 2.84. The minimum absolute atomic E-state index is 0.0988. The Kier molecular flexibility index (Phi) is 4.36. The molecule has 0 aromatic heterocycles. The van der Waals surface area contributed by atoms with Gasteiger partial charge in [-0.05, 0) is 31.2 Å². The number of nitrogens with one attached hydrogen (secondary N) is 1. The molecule has 1 aromatic rings. The lowest BCUT2D eigenvalue weighted by molar-refractivity contribution is 0.0937. The SMILES string of the molecule is CCOc1c(N)cccc1C(=O)NC1CCSC1. The van der Waals surface area contributed by atoms with Crippen LogP contribution in [0, 0.1) is 0 Å². The first kappa shape index (κ1) is 13.1. The summed E-state index contributed by atoms with van der Waals surface area (Å²) in [6, 6.07) is 5.53. The predicted molar refractivity (Wildman–Crippen MR) is 75.2 cm³/mol. The summed E-state index contributed by atoms with van der Waals surface area (Å²) in [5.41, 5.74) is 6.87. The first-order chi connectivity index (χ1) is 8.72. The van der Waals surface area contributed by atoms with Crippen LogP contribution in [0.3, 0.4) is 0 Å². The molecule has 4 nitrogen and oxygen atoms in total. The Bertz CT molecular complexity index is 431. The van der Waals surface area contributed by atoms with E-state index in [1.165, 1.54) is 0 Å². The van der Waals surface area contributed by atoms with E-state index in [0.717, 1.165) is 17.9 Å². The number of amides is 1. The second-order valence-corrected chi connectivity index (χ2v) is 5.34. The number of nitrogen functional groups attached to an aromatic ring is 1. The molecule has 1 heterocycles. The van der Waals surface area contributed by atoms with Crippen LogP contribution in [0.2, 0.25) is 0 Å². The molecule has 1 unspecified atom stereocenters. The summed E-state index contributed by atoms with van der Waals surface area (Å²) in [7, 11) is 0. The Morgan fingerprint density at radius 2 is 2.44 bits per heavy atom. The van der Waals surface area contributed by atoms with E-state index in [0.29, 0.717) is 23.6 Å². The summed E-state index contributed by atoms with van der Waals surface area (Å²) in [5.74, 6) is 2.49. The van der Waals surface area contributed by atoms with Crippen molar-refractivity contribution in [2.24, 2.45) is 0 Å². The predicted octanol–water partition coefficient (Wildman–Crippen LogP) is 1.90. The number of carbonyl (C=O) groups is 1. The zero-order chi connectivity index (χ0) is 13.0. The van der Waals surface area contributed by atoms with E-state index in [1.54, 1.807) is 18.2 Å². The van der Waals surface area contributed by atoms with Gasteiger partial charge in [0.2, 0.25) is 0 Å². The first-order valence-electron chi connectivity index (χ1n) is 6.12. The second-order valence-electron chi connectivity index (χ2n) is 4.19. The number of benzene rings is 1. The van der Waals surface area contributed by atoms with Gasteiger partial charge in [0.1, 0.15) is 0 Å². The van der Waals surface area contributed by atoms with Crippen LogP contribution in [0.15, 0.2) is 18.2 Å². The Morgan fingerprint density at radius 3 is 3.11 bits per heavy atom. The van der Waals surface area contributed by atoms with Gasteiger partial charge in [-0.1, -0.05) is 6.07 Å². The van der Waals surface area contributed by atoms with Gasteiger partial charge in [0.25, 0.3) is 5.91 Å². The number of thioether (sulfide) groups is 1. The number of ether oxygens (including phenoxy) is 1. The Balaban J connectivity index is 2.15. The summed E-state index contributed by atoms with van der Waals surface area (Å²) >= 11 is 1.87. The van der Waals surface area contributed by atoms with Gasteiger partial charge in [0.05, 0.1) is 17.9 Å². The van der Waals surface area contributed by atoms with Crippen molar-refractivity contribution in [1.82, 2.24) is 5.32 Å². The van der Waals surface area contributed by atoms with Gasteiger partial charge in [-0.2, -0.15) is 11.8 Å². The highest BCUT2D eigenvalue weighted by atomic mass is 32.2. The number of hydrogen-bond donors (Lipinski definition) is 2. The quantitative estimate of drug-likeness (QED) is 0.817. The molecule has 0 radical (unpaired) electrons. The highest BCUT2D eigenvalue weighted by Crippen LogP contribution is 2.27. The smallest absolute Gasteiger partial charge is 0.255 e. The van der Waals surface area contributed by atoms with Crippen LogP contribution in [-0.2, 0) is 0 Å². The molecule has 0 bridgehead atoms. The van der Waals surface area contributed by atoms with E-state index in [-0.39, 0.29) is 11.9 Å². The minimum Gasteiger partial charge on any atom is -0.491 e. The summed E-state index contributed by atoms with van der Waals surface area (Å²) < 4.78 is 5.46. The third kappa shape index (κ3) is 2.90. The molecule has 2 rings (SSSR count). The molecule has 0 aliphatic carbocycles. The fourth-order valence-electron chi connectivity index (χ4n) is 1.95. The first-order valence-corrected chi connectivity index (χ1v) is 7.27. The van der Waals surface area contributed by atoms with Gasteiger partial charge in [-0.25, -0.2) is 0 Å². The standard InChI is InChI=1S/C13H18N2O2S/c1-2-17-12-10(4-3-5-11(12)14)13(16)15-9-6-7-18-8-9/h3-5,9H,2,6-8,14H2,1H3,(H,15,16). The molecule has 5 heteroatoms. The molecule has 3 N–H and O–H groups in total. The highest BCUT2D eigenvalue weighted by molar-refractivity contribution is 7.99. The van der Waals surface area contributed by atoms with Gasteiger partial charge in [-0.3, -0.25) is 4.79 Å². The number of hydrogen-bond acceptors (Lipinski definition) is 4. The average molecular weight is 266 g/mol. The molecule has 1 amide bonds. The van der Waals surface area contributed by atoms with E-state index >= 15 is 0 Å². The fourth-order valence-corrected chi connectivity index (χ4v) is 3.10. The van der Waals surface area contributed by atoms with Crippen molar-refractivity contribution in [1.29, 1.82) is 0 Å². The summed E-state index contributed by atoms with van der Waals surface area (Å²) in [6.45, 7) is 2.37. The van der Waals surface area contributed by atoms with Crippen molar-refractivity contribution in [3.8, 4) is 5.75 Å². The van der Waals surface area contributed by atoms with Crippen LogP contribution in [-0.4, -0.2) is 30.1 Å². The number of para-hydroxylation sites is 1. The molecule has 18 heavy (non-hydrogen) atoms. The number of nitrogens with two attached hydrogens (primary N) is 1. The molecule has 1 fully saturated rings. The minimum atomic E-state index is -0.0988. The van der Waals surface area contributed by atoms with Crippen molar-refractivity contribution in [2.45, 2.75) is 19.4 Å². The zero-order valence-electron chi connectivity index (χ0n) is 10.4. The van der Waals surface area contributed by atoms with Crippen LogP contribution in [0.4, 0.5) is 5.69 Å². The van der Waals surface area contributed by atoms with Crippen LogP contribution >= 0.6 is 11.8 Å². The van der Waals surface area contributed by atoms with Gasteiger partial charge < -0.3 is 15.8 Å². The largest absolute Gasteiger partial charge is 0.491 e. The van der Waals surface area contributed by atoms with Crippen molar-refractivity contribution >= 4 is 23.4 Å². The molecule has 1 saturated heterocycles. The molecule has 1 aromatic carbocycles. The molecular formula is C13H18N2O2S. The maximum atomic E-state index is 12.2. The molecule has 98 valence electrons. The maximum absolute atomic E-state index is 12.2. The molecule has 0 spiro atoms. The topological polar surface area (TPSA) is 64.3 Å². The van der Waals surface area contributed by atoms with E-state index in [1.807, 2.05) is 18.7 Å². The number of rotatable bonds is 4. The fraction of sp³-hybridized carbons (Fsp3) is 0.462. The highest BCUT2D eigenvalue weighted by Gasteiger charge is 2.21. The molecular weight excluding hydrogens is 248 g/mol. The number of anilines is 1.